The van der Waals surface area contributed by atoms with Crippen molar-refractivity contribution in [2.45, 2.75) is 0 Å². The highest BCUT2D eigenvalue weighted by Crippen LogP contribution is 2.06. The summed E-state index contributed by atoms with van der Waals surface area (Å²) in [6.07, 6.45) is 0. The summed E-state index contributed by atoms with van der Waals surface area (Å²) in [6, 6.07) is 7.93. The lowest BCUT2D eigenvalue weighted by Crippen LogP contribution is -1.95. The maximum absolute atomic E-state index is 10.0. The molecule has 0 fully saturated rings. The van der Waals surface area contributed by atoms with Gasteiger partial charge in [-0.05, 0) is 0 Å². The summed E-state index contributed by atoms with van der Waals surface area (Å²) < 4.78 is 0. The van der Waals surface area contributed by atoms with Crippen LogP contribution >= 0.6 is 12.2 Å². The predicted octanol–water partition coefficient (Wildman–Crippen LogP) is 1.76. The van der Waals surface area contributed by atoms with Gasteiger partial charge in [-0.25, -0.2) is 0 Å². The third kappa shape index (κ3) is 5.75. The average Bonchev–Trinajstić information content (AvgIpc) is 2.19. The fraction of sp³-hybridized carbons (Fsp3) is 0.125. The van der Waals surface area contributed by atoms with Crippen molar-refractivity contribution < 1.29 is 4.92 Å². The van der Waals surface area contributed by atoms with E-state index in [2.05, 4.69) is 17.5 Å². The molecule has 0 saturated carbocycles. The number of nitro groups is 1. The summed E-state index contributed by atoms with van der Waals surface area (Å²) in [7, 11) is 1.77. The zero-order chi connectivity index (χ0) is 10.1. The third-order valence-corrected chi connectivity index (χ3v) is 1.32. The van der Waals surface area contributed by atoms with Gasteiger partial charge in [-0.2, -0.15) is 0 Å². The van der Waals surface area contributed by atoms with E-state index < -0.39 is 4.92 Å². The molecule has 0 spiro atoms. The first-order valence-electron chi connectivity index (χ1n) is 3.52. The van der Waals surface area contributed by atoms with E-state index in [-0.39, 0.29) is 5.69 Å². The van der Waals surface area contributed by atoms with Crippen molar-refractivity contribution in [2.75, 3.05) is 7.05 Å². The minimum Gasteiger partial charge on any atom is -0.385 e. The molecule has 4 nitrogen and oxygen atoms in total. The third-order valence-electron chi connectivity index (χ3n) is 1.08. The van der Waals surface area contributed by atoms with E-state index in [1.807, 2.05) is 0 Å². The molecule has 0 unspecified atom stereocenters. The molecule has 0 radical (unpaired) electrons. The predicted molar refractivity (Wildman–Crippen MR) is 55.8 cm³/mol. The number of nitrogens with zero attached hydrogens (tertiary/aromatic N) is 1. The fourth-order valence-corrected chi connectivity index (χ4v) is 0.550. The van der Waals surface area contributed by atoms with Crippen LogP contribution in [0, 0.1) is 10.1 Å². The highest BCUT2D eigenvalue weighted by atomic mass is 32.1. The van der Waals surface area contributed by atoms with Gasteiger partial charge in [-0.15, -0.1) is 0 Å². The molecule has 5 heteroatoms. The van der Waals surface area contributed by atoms with Gasteiger partial charge in [0.05, 0.1) is 10.4 Å². The molecule has 1 aromatic rings. The van der Waals surface area contributed by atoms with Crippen LogP contribution in [0.5, 0.6) is 0 Å². The number of nitro benzene ring substituents is 1. The van der Waals surface area contributed by atoms with Gasteiger partial charge in [0.15, 0.2) is 0 Å². The van der Waals surface area contributed by atoms with E-state index >= 15 is 0 Å². The van der Waals surface area contributed by atoms with Gasteiger partial charge in [0.25, 0.3) is 5.69 Å². The van der Waals surface area contributed by atoms with Crippen molar-refractivity contribution in [3.8, 4) is 0 Å². The summed E-state index contributed by atoms with van der Waals surface area (Å²) >= 11 is 4.32. The van der Waals surface area contributed by atoms with Gasteiger partial charge in [-0.1, -0.05) is 30.4 Å². The Hall–Kier alpha value is -1.49. The fourth-order valence-electron chi connectivity index (χ4n) is 0.550. The Morgan fingerprint density at radius 1 is 1.46 bits per heavy atom. The number of hydrogen-bond acceptors (Lipinski definition) is 3. The lowest BCUT2D eigenvalue weighted by Gasteiger charge is -1.85. The summed E-state index contributed by atoms with van der Waals surface area (Å²) in [4.78, 5) is 9.59. The number of benzene rings is 1. The SMILES string of the molecule is CNC=S.O=[N+]([O-])c1ccccc1. The first-order valence-corrected chi connectivity index (χ1v) is 4.00. The second-order valence-corrected chi connectivity index (χ2v) is 2.23. The second-order valence-electron chi connectivity index (χ2n) is 2.00. The van der Waals surface area contributed by atoms with Crippen molar-refractivity contribution in [2.24, 2.45) is 0 Å². The van der Waals surface area contributed by atoms with E-state index in [9.17, 15) is 10.1 Å². The van der Waals surface area contributed by atoms with Crippen LogP contribution in [-0.4, -0.2) is 17.5 Å². The number of non-ortho nitro benzene ring substituents is 1. The summed E-state index contributed by atoms with van der Waals surface area (Å²) in [5.74, 6) is 0. The topological polar surface area (TPSA) is 55.2 Å². The van der Waals surface area contributed by atoms with E-state index in [0.717, 1.165) is 0 Å². The van der Waals surface area contributed by atoms with Gasteiger partial charge in [0.2, 0.25) is 0 Å². The van der Waals surface area contributed by atoms with Gasteiger partial charge in [0.1, 0.15) is 0 Å². The molecular formula is C8H10N2O2S. The summed E-state index contributed by atoms with van der Waals surface area (Å²) in [6.45, 7) is 0. The number of para-hydroxylation sites is 1. The molecule has 1 rings (SSSR count). The van der Waals surface area contributed by atoms with E-state index in [1.165, 1.54) is 17.6 Å². The number of rotatable bonds is 2. The van der Waals surface area contributed by atoms with E-state index in [1.54, 1.807) is 25.2 Å². The Bertz CT molecular complexity index is 264. The van der Waals surface area contributed by atoms with Gasteiger partial charge >= 0.3 is 0 Å². The van der Waals surface area contributed by atoms with E-state index in [0.29, 0.717) is 0 Å². The largest absolute Gasteiger partial charge is 0.385 e. The number of thiocarbonyl (C=S) groups is 1. The van der Waals surface area contributed by atoms with Crippen molar-refractivity contribution in [3.63, 3.8) is 0 Å². The van der Waals surface area contributed by atoms with Gasteiger partial charge < -0.3 is 5.32 Å². The van der Waals surface area contributed by atoms with Crippen molar-refractivity contribution in [1.29, 1.82) is 0 Å². The van der Waals surface area contributed by atoms with Crippen LogP contribution < -0.4 is 5.32 Å². The zero-order valence-corrected chi connectivity index (χ0v) is 7.95. The Kier molecular flexibility index (Phi) is 6.35. The Labute approximate surface area is 81.7 Å². The van der Waals surface area contributed by atoms with Crippen LogP contribution in [0.4, 0.5) is 5.69 Å². The smallest absolute Gasteiger partial charge is 0.269 e. The quantitative estimate of drug-likeness (QED) is 0.447. The van der Waals surface area contributed by atoms with Crippen LogP contribution in [0.3, 0.4) is 0 Å². The monoisotopic (exact) mass is 198 g/mol. The first-order chi connectivity index (χ1) is 6.22. The molecule has 0 bridgehead atoms. The lowest BCUT2D eigenvalue weighted by molar-refractivity contribution is -0.384. The Morgan fingerprint density at radius 2 is 1.92 bits per heavy atom. The van der Waals surface area contributed by atoms with Crippen molar-refractivity contribution in [3.05, 3.63) is 40.4 Å². The standard InChI is InChI=1S/C6H5NO2.C2H5NS/c8-7(9)6-4-2-1-3-5-6;1-3-2-4/h1-5H;2H,1H3,(H,3,4). The molecule has 70 valence electrons. The highest BCUT2D eigenvalue weighted by molar-refractivity contribution is 7.78. The summed E-state index contributed by atoms with van der Waals surface area (Å²) in [5.41, 5.74) is 1.59. The van der Waals surface area contributed by atoms with Crippen LogP contribution in [-0.2, 0) is 0 Å². The molecule has 0 saturated heterocycles. The first kappa shape index (κ1) is 11.5. The molecule has 1 N–H and O–H groups in total. The normalized spacial score (nSPS) is 7.77. The molecule has 0 aliphatic heterocycles. The maximum Gasteiger partial charge on any atom is 0.269 e. The molecule has 0 atom stereocenters. The molecular weight excluding hydrogens is 188 g/mol. The molecule has 0 amide bonds. The molecule has 1 aromatic carbocycles. The molecule has 0 heterocycles. The second kappa shape index (κ2) is 7.17. The van der Waals surface area contributed by atoms with Gasteiger partial charge in [-0.3, -0.25) is 10.1 Å². The van der Waals surface area contributed by atoms with Crippen LogP contribution in [0.25, 0.3) is 0 Å². The average molecular weight is 198 g/mol. The minimum absolute atomic E-state index is 0.137. The molecule has 0 aliphatic carbocycles. The maximum atomic E-state index is 10.0. The van der Waals surface area contributed by atoms with Gasteiger partial charge in [0, 0.05) is 19.2 Å². The van der Waals surface area contributed by atoms with Crippen molar-refractivity contribution in [1.82, 2.24) is 5.32 Å². The van der Waals surface area contributed by atoms with E-state index in [4.69, 9.17) is 0 Å². The van der Waals surface area contributed by atoms with Crippen LogP contribution in [0.15, 0.2) is 30.3 Å². The molecule has 13 heavy (non-hydrogen) atoms. The molecule has 0 aliphatic rings. The van der Waals surface area contributed by atoms with Crippen LogP contribution in [0.2, 0.25) is 0 Å². The lowest BCUT2D eigenvalue weighted by atomic mass is 10.3. The van der Waals surface area contributed by atoms with Crippen LogP contribution in [0.1, 0.15) is 0 Å². The van der Waals surface area contributed by atoms with Crippen molar-refractivity contribution >= 4 is 23.4 Å². The Balaban J connectivity index is 0.000000310. The zero-order valence-electron chi connectivity index (χ0n) is 7.14. The highest BCUT2D eigenvalue weighted by Gasteiger charge is 1.98. The number of hydrogen-bond donors (Lipinski definition) is 1. The summed E-state index contributed by atoms with van der Waals surface area (Å²) in [5, 5.41) is 12.6. The number of nitrogens with one attached hydrogen (secondary N) is 1. The Morgan fingerprint density at radius 3 is 2.15 bits per heavy atom. The minimum atomic E-state index is -0.417. The molecule has 0 aromatic heterocycles.